The van der Waals surface area contributed by atoms with Crippen LogP contribution in [0.5, 0.6) is 11.5 Å². The maximum atomic E-state index is 14.7. The number of nitrogens with zero attached hydrogens (tertiary/aromatic N) is 4. The monoisotopic (exact) mass is 833 g/mol. The summed E-state index contributed by atoms with van der Waals surface area (Å²) in [4.78, 5) is 65.4. The minimum Gasteiger partial charge on any atom is -0.488 e. The minimum absolute atomic E-state index is 0.00636. The van der Waals surface area contributed by atoms with E-state index in [0.717, 1.165) is 19.3 Å². The topological polar surface area (TPSA) is 205 Å². The van der Waals surface area contributed by atoms with E-state index < -0.39 is 58.9 Å². The number of thiazole rings is 1. The van der Waals surface area contributed by atoms with E-state index in [1.54, 1.807) is 18.2 Å². The molecule has 0 bridgehead atoms. The lowest BCUT2D eigenvalue weighted by atomic mass is 9.85. The Morgan fingerprint density at radius 1 is 1.12 bits per heavy atom. The number of rotatable bonds is 14. The van der Waals surface area contributed by atoms with Crippen molar-refractivity contribution >= 4 is 62.8 Å². The molecule has 3 heterocycles. The Morgan fingerprint density at radius 2 is 1.86 bits per heavy atom. The van der Waals surface area contributed by atoms with Gasteiger partial charge < -0.3 is 40.2 Å². The molecule has 1 aromatic carbocycles. The summed E-state index contributed by atoms with van der Waals surface area (Å²) < 4.78 is 18.0. The number of halogens is 1. The third-order valence-electron chi connectivity index (χ3n) is 11.3. The van der Waals surface area contributed by atoms with Crippen LogP contribution in [0.25, 0.3) is 22.3 Å². The van der Waals surface area contributed by atoms with Crippen molar-refractivity contribution < 1.29 is 38.5 Å². The van der Waals surface area contributed by atoms with Gasteiger partial charge in [-0.3, -0.25) is 9.59 Å². The lowest BCUT2D eigenvalue weighted by Crippen LogP contribution is -2.59. The molecule has 2 unspecified atom stereocenters. The van der Waals surface area contributed by atoms with Gasteiger partial charge in [0.25, 0.3) is 0 Å². The molecule has 2 aromatic heterocycles. The van der Waals surface area contributed by atoms with Crippen LogP contribution in [0.3, 0.4) is 0 Å². The van der Waals surface area contributed by atoms with Crippen LogP contribution in [0.4, 0.5) is 9.93 Å². The number of carboxylic acid groups (broad SMARTS) is 1. The number of nitriles is 1. The van der Waals surface area contributed by atoms with Crippen LogP contribution >= 0.6 is 22.9 Å². The molecule has 0 spiro atoms. The average molecular weight is 834 g/mol. The third-order valence-corrected chi connectivity index (χ3v) is 12.5. The van der Waals surface area contributed by atoms with Crippen LogP contribution in [0, 0.1) is 34.5 Å². The predicted molar refractivity (Wildman–Crippen MR) is 217 cm³/mol. The fourth-order valence-corrected chi connectivity index (χ4v) is 9.22. The summed E-state index contributed by atoms with van der Waals surface area (Å²) in [6, 6.07) is 4.84. The maximum Gasteiger partial charge on any atom is 0.408 e. The molecule has 17 heteroatoms. The summed E-state index contributed by atoms with van der Waals surface area (Å²) in [5, 5.41) is 31.2. The van der Waals surface area contributed by atoms with Crippen molar-refractivity contribution in [1.29, 1.82) is 5.26 Å². The van der Waals surface area contributed by atoms with E-state index in [1.807, 2.05) is 46.1 Å². The summed E-state index contributed by atoms with van der Waals surface area (Å²) in [5.41, 5.74) is -1.07. The second kappa shape index (κ2) is 15.9. The summed E-state index contributed by atoms with van der Waals surface area (Å²) in [5.74, 6) is -1.14. The van der Waals surface area contributed by atoms with E-state index in [-0.39, 0.29) is 48.9 Å². The smallest absolute Gasteiger partial charge is 0.408 e. The number of ether oxygens (including phenoxy) is 3. The molecule has 4 aliphatic rings. The lowest BCUT2D eigenvalue weighted by Gasteiger charge is -2.35. The molecule has 3 amide bonds. The average Bonchev–Trinajstić information content (AvgIpc) is 3.83. The van der Waals surface area contributed by atoms with Gasteiger partial charge in [0.15, 0.2) is 11.7 Å². The van der Waals surface area contributed by atoms with Gasteiger partial charge in [-0.2, -0.15) is 5.26 Å². The van der Waals surface area contributed by atoms with Crippen LogP contribution in [0.2, 0.25) is 5.02 Å². The molecule has 15 nitrogen and oxygen atoms in total. The van der Waals surface area contributed by atoms with Gasteiger partial charge in [0.2, 0.25) is 11.8 Å². The number of pyridine rings is 1. The summed E-state index contributed by atoms with van der Waals surface area (Å²) in [6.07, 6.45) is 2.72. The number of hydrogen-bond donors (Lipinski definition) is 4. The number of aromatic nitrogens is 2. The van der Waals surface area contributed by atoms with E-state index in [0.29, 0.717) is 45.0 Å². The molecule has 3 aliphatic carbocycles. The Kier molecular flexibility index (Phi) is 11.2. The number of carbonyl (C=O) groups is 4. The Balaban J connectivity index is 1.21. The highest BCUT2D eigenvalue weighted by atomic mass is 35.5. The van der Waals surface area contributed by atoms with Gasteiger partial charge in [-0.05, 0) is 68.9 Å². The zero-order valence-corrected chi connectivity index (χ0v) is 34.6. The van der Waals surface area contributed by atoms with E-state index in [2.05, 4.69) is 22.5 Å². The molecule has 3 aromatic rings. The molecular formula is C41H48ClN7O8S. The highest BCUT2D eigenvalue weighted by Crippen LogP contribution is 2.52. The quantitative estimate of drug-likeness (QED) is 0.135. The largest absolute Gasteiger partial charge is 0.488 e. The minimum atomic E-state index is -1.55. The number of fused-ring (bicyclic) bond motifs is 2. The molecule has 0 radical (unpaired) electrons. The third kappa shape index (κ3) is 8.38. The Bertz CT molecular complexity index is 2170. The Morgan fingerprint density at radius 3 is 2.50 bits per heavy atom. The number of anilines is 1. The molecule has 4 N–H and O–H groups in total. The molecule has 3 saturated carbocycles. The predicted octanol–water partition coefficient (Wildman–Crippen LogP) is 6.17. The number of alkyl carbamates (subject to hydrolysis) is 1. The highest BCUT2D eigenvalue weighted by Gasteiger charge is 2.61. The number of carbonyl (C=O) groups excluding carboxylic acids is 3. The first-order valence-electron chi connectivity index (χ1n) is 19.5. The van der Waals surface area contributed by atoms with Gasteiger partial charge in [-0.1, -0.05) is 38.4 Å². The number of aliphatic carboxylic acids is 1. The molecular weight excluding hydrogens is 786 g/mol. The second-order valence-electron chi connectivity index (χ2n) is 17.1. The van der Waals surface area contributed by atoms with Gasteiger partial charge in [-0.15, -0.1) is 17.9 Å². The first-order chi connectivity index (χ1) is 27.5. The first-order valence-corrected chi connectivity index (χ1v) is 20.7. The fourth-order valence-electron chi connectivity index (χ4n) is 8.11. The normalized spacial score (nSPS) is 26.3. The van der Waals surface area contributed by atoms with Gasteiger partial charge in [0.1, 0.15) is 58.1 Å². The number of nitrogens with one attached hydrogen (secondary N) is 3. The standard InChI is InChI=1S/C41H48ClN7O8S/c1-7-23-17-41(23,37(52)53)48-35(50)29-15-25(18-49(29)36(51)34(40(4,5)6)47-39(54)57-24-13-21-12-22(21)14-24)56-31-16-27(28-19-58-38(46-28)44-20(2)3)45-33-26(31)8-9-30(32(33)42)55-11-10-43/h7-9,16,19-25,29,34H,1,11-15,17-18H2,2-6H3,(H,44,46)(H,47,54)(H,48,50)(H,52,53)/t21-,22+,23-,24?,25-,29?,34-,41-/m1/s1. The fraction of sp³-hybridized carbons (Fsp3) is 0.537. The zero-order chi connectivity index (χ0) is 41.7. The van der Waals surface area contributed by atoms with Crippen molar-refractivity contribution in [2.24, 2.45) is 23.2 Å². The number of hydrogen-bond acceptors (Lipinski definition) is 12. The number of carboxylic acids is 1. The number of amides is 3. The number of benzene rings is 1. The van der Waals surface area contributed by atoms with Gasteiger partial charge >= 0.3 is 12.1 Å². The van der Waals surface area contributed by atoms with E-state index in [9.17, 15) is 24.3 Å². The van der Waals surface area contributed by atoms with Crippen LogP contribution in [-0.2, 0) is 19.1 Å². The molecule has 8 atom stereocenters. The van der Waals surface area contributed by atoms with Crippen molar-refractivity contribution in [3.63, 3.8) is 0 Å². The summed E-state index contributed by atoms with van der Waals surface area (Å²) in [7, 11) is 0. The second-order valence-corrected chi connectivity index (χ2v) is 18.3. The van der Waals surface area contributed by atoms with Crippen molar-refractivity contribution in [2.45, 2.75) is 103 Å². The molecule has 4 fully saturated rings. The van der Waals surface area contributed by atoms with Crippen molar-refractivity contribution in [1.82, 2.24) is 25.5 Å². The summed E-state index contributed by atoms with van der Waals surface area (Å²) >= 11 is 8.24. The molecule has 1 aliphatic heterocycles. The number of likely N-dealkylation sites (tertiary alicyclic amines) is 1. The van der Waals surface area contributed by atoms with Crippen molar-refractivity contribution in [3.05, 3.63) is 41.3 Å². The molecule has 7 rings (SSSR count). The Labute approximate surface area is 345 Å². The Hall–Kier alpha value is -5.14. The van der Waals surface area contributed by atoms with Crippen LogP contribution in [0.15, 0.2) is 36.2 Å². The van der Waals surface area contributed by atoms with Gasteiger partial charge in [0.05, 0.1) is 17.8 Å². The van der Waals surface area contributed by atoms with Crippen molar-refractivity contribution in [3.8, 4) is 29.0 Å². The summed E-state index contributed by atoms with van der Waals surface area (Å²) in [6.45, 7) is 12.8. The lowest BCUT2D eigenvalue weighted by molar-refractivity contribution is -0.146. The highest BCUT2D eigenvalue weighted by molar-refractivity contribution is 7.14. The van der Waals surface area contributed by atoms with Crippen molar-refractivity contribution in [2.75, 3.05) is 18.5 Å². The van der Waals surface area contributed by atoms with Gasteiger partial charge in [0, 0.05) is 35.2 Å². The molecule has 58 heavy (non-hydrogen) atoms. The van der Waals surface area contributed by atoms with Crippen LogP contribution < -0.4 is 25.4 Å². The zero-order valence-electron chi connectivity index (χ0n) is 33.0. The maximum absolute atomic E-state index is 14.7. The SMILES string of the molecule is C=C[C@@H]1C[C@]1(NC(=O)C1C[C@@H](Oc2cc(-c3csc(NC(C)C)n3)nc3c(Cl)c(OCC#N)ccc23)CN1C(=O)[C@@H](NC(=O)OC1C[C@@H]2C[C@@H]2C1)C(C)(C)C)C(=O)O. The van der Waals surface area contributed by atoms with Crippen LogP contribution in [0.1, 0.15) is 66.7 Å². The first kappa shape index (κ1) is 41.0. The van der Waals surface area contributed by atoms with Gasteiger partial charge in [-0.25, -0.2) is 19.6 Å². The molecule has 1 saturated heterocycles. The van der Waals surface area contributed by atoms with E-state index >= 15 is 0 Å². The van der Waals surface area contributed by atoms with E-state index in [4.69, 9.17) is 41.0 Å². The van der Waals surface area contributed by atoms with E-state index in [1.165, 1.54) is 22.3 Å². The van der Waals surface area contributed by atoms with Crippen LogP contribution in [-0.4, -0.2) is 92.9 Å². The molecule has 308 valence electrons.